The van der Waals surface area contributed by atoms with Crippen molar-refractivity contribution < 1.29 is 13.9 Å². The number of nitrogens with one attached hydrogen (secondary N) is 1. The zero-order valence-corrected chi connectivity index (χ0v) is 18.8. The number of aryl methyl sites for hydroxylation is 1. The van der Waals surface area contributed by atoms with Crippen LogP contribution in [0.1, 0.15) is 0 Å². The van der Waals surface area contributed by atoms with Crippen LogP contribution in [-0.2, 0) is 16.6 Å². The summed E-state index contributed by atoms with van der Waals surface area (Å²) in [5, 5.41) is 3.23. The fourth-order valence-electron chi connectivity index (χ4n) is 4.40. The molecule has 0 radical (unpaired) electrons. The highest BCUT2D eigenvalue weighted by molar-refractivity contribution is 5.85. The number of anilines is 1. The van der Waals surface area contributed by atoms with Gasteiger partial charge in [0.2, 0.25) is 5.91 Å². The average molecular weight is 460 g/mol. The Bertz CT molecular complexity index is 1110. The van der Waals surface area contributed by atoms with Crippen molar-refractivity contribution in [1.82, 2.24) is 19.8 Å². The van der Waals surface area contributed by atoms with Gasteiger partial charge in [0.05, 0.1) is 29.8 Å². The molecule has 0 saturated carbocycles. The molecule has 1 amide bonds. The van der Waals surface area contributed by atoms with Crippen LogP contribution in [0.25, 0.3) is 22.4 Å². The molecule has 3 aromatic rings. The van der Waals surface area contributed by atoms with Gasteiger partial charge in [0.25, 0.3) is 0 Å². The largest absolute Gasteiger partial charge is 0.378 e. The Morgan fingerprint density at radius 2 is 1.94 bits per heavy atom. The first-order valence-corrected chi connectivity index (χ1v) is 10.7. The molecule has 2 aromatic carbocycles. The fraction of sp³-hybridized carbons (Fsp3) is 0.391. The van der Waals surface area contributed by atoms with Gasteiger partial charge in [0.1, 0.15) is 17.7 Å². The molecule has 0 aliphatic carbocycles. The highest BCUT2D eigenvalue weighted by Crippen LogP contribution is 2.30. The molecule has 2 aliphatic rings. The van der Waals surface area contributed by atoms with E-state index in [2.05, 4.69) is 15.2 Å². The lowest BCUT2D eigenvalue weighted by atomic mass is 10.1. The maximum Gasteiger partial charge on any atom is 0.242 e. The summed E-state index contributed by atoms with van der Waals surface area (Å²) in [5.74, 6) is 0.413. The number of carbonyl (C=O) groups is 1. The third-order valence-corrected chi connectivity index (χ3v) is 6.15. The summed E-state index contributed by atoms with van der Waals surface area (Å²) < 4.78 is 22.1. The SMILES string of the molecule is Cl.Cn1c(-c2cc(N3CCN(C(=O)[C@H]4COCCN4)CC3)ccc2F)nc2ccccc21. The molecule has 1 aromatic heterocycles. The number of morpholine rings is 1. The zero-order chi connectivity index (χ0) is 21.4. The molecule has 5 rings (SSSR count). The van der Waals surface area contributed by atoms with Gasteiger partial charge in [-0.05, 0) is 30.3 Å². The van der Waals surface area contributed by atoms with E-state index in [-0.39, 0.29) is 30.2 Å². The Kier molecular flexibility index (Phi) is 6.64. The molecule has 2 saturated heterocycles. The molecule has 0 spiro atoms. The number of para-hydroxylation sites is 2. The van der Waals surface area contributed by atoms with E-state index in [1.54, 1.807) is 6.07 Å². The number of ether oxygens (including phenoxy) is 1. The molecule has 170 valence electrons. The minimum Gasteiger partial charge on any atom is -0.378 e. The fourth-order valence-corrected chi connectivity index (χ4v) is 4.40. The van der Waals surface area contributed by atoms with E-state index in [1.165, 1.54) is 6.07 Å². The lowest BCUT2D eigenvalue weighted by molar-refractivity contribution is -0.136. The van der Waals surface area contributed by atoms with Crippen LogP contribution >= 0.6 is 12.4 Å². The van der Waals surface area contributed by atoms with Gasteiger partial charge < -0.3 is 24.4 Å². The van der Waals surface area contributed by atoms with Crippen molar-refractivity contribution in [2.24, 2.45) is 7.05 Å². The molecule has 2 aliphatic heterocycles. The van der Waals surface area contributed by atoms with Crippen molar-refractivity contribution in [2.45, 2.75) is 6.04 Å². The number of rotatable bonds is 3. The number of nitrogens with zero attached hydrogens (tertiary/aromatic N) is 4. The first kappa shape index (κ1) is 22.5. The third-order valence-electron chi connectivity index (χ3n) is 6.15. The number of aromatic nitrogens is 2. The monoisotopic (exact) mass is 459 g/mol. The number of amides is 1. The highest BCUT2D eigenvalue weighted by Gasteiger charge is 2.29. The summed E-state index contributed by atoms with van der Waals surface area (Å²) in [7, 11) is 1.91. The van der Waals surface area contributed by atoms with Crippen molar-refractivity contribution in [3.63, 3.8) is 0 Å². The molecule has 3 heterocycles. The van der Waals surface area contributed by atoms with Gasteiger partial charge in [-0.25, -0.2) is 9.37 Å². The van der Waals surface area contributed by atoms with E-state index < -0.39 is 0 Å². The van der Waals surface area contributed by atoms with Gasteiger partial charge >= 0.3 is 0 Å². The van der Waals surface area contributed by atoms with Crippen LogP contribution in [0.5, 0.6) is 0 Å². The molecule has 32 heavy (non-hydrogen) atoms. The van der Waals surface area contributed by atoms with E-state index in [9.17, 15) is 9.18 Å². The van der Waals surface area contributed by atoms with E-state index >= 15 is 0 Å². The van der Waals surface area contributed by atoms with Crippen LogP contribution in [0.2, 0.25) is 0 Å². The summed E-state index contributed by atoms with van der Waals surface area (Å²) in [6.45, 7) is 4.46. The summed E-state index contributed by atoms with van der Waals surface area (Å²) in [5.41, 5.74) is 3.24. The predicted molar refractivity (Wildman–Crippen MR) is 125 cm³/mol. The van der Waals surface area contributed by atoms with Gasteiger partial charge in [-0.15, -0.1) is 12.4 Å². The molecule has 1 N–H and O–H groups in total. The minimum absolute atomic E-state index is 0. The third kappa shape index (κ3) is 4.18. The Balaban J connectivity index is 0.00000245. The summed E-state index contributed by atoms with van der Waals surface area (Å²) in [6, 6.07) is 12.7. The van der Waals surface area contributed by atoms with E-state index in [0.717, 1.165) is 16.7 Å². The minimum atomic E-state index is -0.292. The number of fused-ring (bicyclic) bond motifs is 1. The molecular weight excluding hydrogens is 433 g/mol. The average Bonchev–Trinajstić information content (AvgIpc) is 3.16. The first-order chi connectivity index (χ1) is 15.1. The quantitative estimate of drug-likeness (QED) is 0.652. The van der Waals surface area contributed by atoms with Gasteiger partial charge in [-0.2, -0.15) is 0 Å². The lowest BCUT2D eigenvalue weighted by Crippen LogP contribution is -2.57. The van der Waals surface area contributed by atoms with Gasteiger partial charge in [-0.3, -0.25) is 4.79 Å². The highest BCUT2D eigenvalue weighted by atomic mass is 35.5. The number of benzene rings is 2. The number of hydrogen-bond donors (Lipinski definition) is 1. The molecule has 2 fully saturated rings. The molecule has 0 unspecified atom stereocenters. The molecule has 7 nitrogen and oxygen atoms in total. The predicted octanol–water partition coefficient (Wildman–Crippen LogP) is 2.44. The van der Waals surface area contributed by atoms with E-state index in [1.807, 2.05) is 46.8 Å². The number of imidazole rings is 1. The number of piperazine rings is 1. The maximum atomic E-state index is 14.8. The second-order valence-electron chi connectivity index (χ2n) is 8.04. The smallest absolute Gasteiger partial charge is 0.242 e. The molecule has 0 bridgehead atoms. The van der Waals surface area contributed by atoms with Crippen LogP contribution in [0, 0.1) is 5.82 Å². The Morgan fingerprint density at radius 1 is 1.16 bits per heavy atom. The lowest BCUT2D eigenvalue weighted by Gasteiger charge is -2.38. The van der Waals surface area contributed by atoms with E-state index in [4.69, 9.17) is 4.74 Å². The van der Waals surface area contributed by atoms with Gasteiger partial charge in [0.15, 0.2) is 0 Å². The molecule has 9 heteroatoms. The van der Waals surface area contributed by atoms with Crippen LogP contribution in [0.15, 0.2) is 42.5 Å². The van der Waals surface area contributed by atoms with Crippen LogP contribution in [0.4, 0.5) is 10.1 Å². The Hall–Kier alpha value is -2.68. The first-order valence-electron chi connectivity index (χ1n) is 10.7. The van der Waals surface area contributed by atoms with Crippen LogP contribution < -0.4 is 10.2 Å². The van der Waals surface area contributed by atoms with Crippen molar-refractivity contribution in [1.29, 1.82) is 0 Å². The van der Waals surface area contributed by atoms with E-state index in [0.29, 0.717) is 57.3 Å². The maximum absolute atomic E-state index is 14.8. The number of carbonyl (C=O) groups excluding carboxylic acids is 1. The van der Waals surface area contributed by atoms with Crippen molar-refractivity contribution >= 4 is 35.0 Å². The van der Waals surface area contributed by atoms with Crippen molar-refractivity contribution in [3.05, 3.63) is 48.3 Å². The second-order valence-corrected chi connectivity index (χ2v) is 8.04. The topological polar surface area (TPSA) is 62.6 Å². The zero-order valence-electron chi connectivity index (χ0n) is 18.0. The molecular formula is C23H27ClFN5O2. The van der Waals surface area contributed by atoms with Crippen molar-refractivity contribution in [2.75, 3.05) is 50.8 Å². The number of halogens is 2. The summed E-state index contributed by atoms with van der Waals surface area (Å²) >= 11 is 0. The standard InChI is InChI=1S/C23H26FN5O2.ClH/c1-27-21-5-3-2-4-19(21)26-22(27)17-14-16(6-7-18(17)24)28-9-11-29(12-10-28)23(30)20-15-31-13-8-25-20;/h2-7,14,20,25H,8-13,15H2,1H3;1H/t20-;/m1./s1. The second kappa shape index (κ2) is 9.44. The summed E-state index contributed by atoms with van der Waals surface area (Å²) in [6.07, 6.45) is 0. The Labute approximate surface area is 192 Å². The normalized spacial score (nSPS) is 19.1. The molecule has 1 atom stereocenters. The van der Waals surface area contributed by atoms with Crippen LogP contribution in [0.3, 0.4) is 0 Å². The van der Waals surface area contributed by atoms with Gasteiger partial charge in [0, 0.05) is 45.5 Å². The Morgan fingerprint density at radius 3 is 2.66 bits per heavy atom. The number of hydrogen-bond acceptors (Lipinski definition) is 5. The van der Waals surface area contributed by atoms with Crippen LogP contribution in [-0.4, -0.2) is 72.3 Å². The summed E-state index contributed by atoms with van der Waals surface area (Å²) in [4.78, 5) is 21.4. The van der Waals surface area contributed by atoms with Crippen molar-refractivity contribution in [3.8, 4) is 11.4 Å². The van der Waals surface area contributed by atoms with Gasteiger partial charge in [-0.1, -0.05) is 12.1 Å².